The van der Waals surface area contributed by atoms with Gasteiger partial charge in [0.1, 0.15) is 0 Å². The number of carbonyl (C=O) groups excluding carboxylic acids is 1. The molecular weight excluding hydrogens is 388 g/mol. The second-order valence-corrected chi connectivity index (χ2v) is 7.82. The molecule has 0 unspecified atom stereocenters. The zero-order valence-corrected chi connectivity index (χ0v) is 17.0. The largest absolute Gasteiger partial charge is 0.339 e. The Morgan fingerprint density at radius 3 is 2.72 bits per heavy atom. The highest BCUT2D eigenvalue weighted by atomic mass is 35.5. The highest BCUT2D eigenvalue weighted by Crippen LogP contribution is 2.28. The minimum Gasteiger partial charge on any atom is -0.339 e. The first-order valence-electron chi connectivity index (χ1n) is 9.76. The molecule has 0 aliphatic carbocycles. The quantitative estimate of drug-likeness (QED) is 0.669. The number of piperidine rings is 1. The molecule has 0 radical (unpaired) electrons. The number of likely N-dealkylation sites (tertiary alicyclic amines) is 1. The summed E-state index contributed by atoms with van der Waals surface area (Å²) in [4.78, 5) is 19.1. The average molecular weight is 411 g/mol. The molecule has 2 heterocycles. The number of nitrogens with one attached hydrogen (secondary N) is 1. The predicted octanol–water partition coefficient (Wildman–Crippen LogP) is 4.52. The van der Waals surface area contributed by atoms with E-state index in [4.69, 9.17) is 16.1 Å². The lowest BCUT2D eigenvalue weighted by molar-refractivity contribution is -0.117. The molecule has 0 spiro atoms. The van der Waals surface area contributed by atoms with Crippen LogP contribution >= 0.6 is 11.6 Å². The van der Waals surface area contributed by atoms with Crippen LogP contribution in [0.15, 0.2) is 53.1 Å². The maximum Gasteiger partial charge on any atom is 0.238 e. The number of rotatable bonds is 5. The summed E-state index contributed by atoms with van der Waals surface area (Å²) in [5.74, 6) is 1.51. The number of nitrogens with zero attached hydrogens (tertiary/aromatic N) is 3. The van der Waals surface area contributed by atoms with Crippen LogP contribution in [0.25, 0.3) is 11.4 Å². The molecule has 0 saturated carbocycles. The number of carbonyl (C=O) groups is 1. The number of aryl methyl sites for hydroxylation is 1. The van der Waals surface area contributed by atoms with Crippen LogP contribution in [-0.4, -0.2) is 40.6 Å². The fraction of sp³-hybridized carbons (Fsp3) is 0.318. The molecule has 1 aliphatic heterocycles. The number of anilines is 1. The van der Waals surface area contributed by atoms with Gasteiger partial charge in [-0.25, -0.2) is 0 Å². The summed E-state index contributed by atoms with van der Waals surface area (Å²) in [7, 11) is 0. The van der Waals surface area contributed by atoms with Gasteiger partial charge in [0, 0.05) is 22.2 Å². The Bertz CT molecular complexity index is 981. The molecule has 2 aromatic carbocycles. The molecule has 1 saturated heterocycles. The van der Waals surface area contributed by atoms with Crippen LogP contribution in [-0.2, 0) is 4.79 Å². The first-order chi connectivity index (χ1) is 14.1. The lowest BCUT2D eigenvalue weighted by Crippen LogP contribution is -2.38. The van der Waals surface area contributed by atoms with Gasteiger partial charge >= 0.3 is 0 Å². The Labute approximate surface area is 174 Å². The Balaban J connectivity index is 1.30. The van der Waals surface area contributed by atoms with E-state index >= 15 is 0 Å². The van der Waals surface area contributed by atoms with Gasteiger partial charge in [0.05, 0.1) is 6.54 Å². The van der Waals surface area contributed by atoms with E-state index in [1.807, 2.05) is 49.4 Å². The van der Waals surface area contributed by atoms with Crippen molar-refractivity contribution in [2.24, 2.45) is 0 Å². The predicted molar refractivity (Wildman–Crippen MR) is 113 cm³/mol. The van der Waals surface area contributed by atoms with Crippen LogP contribution in [0, 0.1) is 6.92 Å². The van der Waals surface area contributed by atoms with Crippen molar-refractivity contribution < 1.29 is 9.32 Å². The third kappa shape index (κ3) is 4.83. The van der Waals surface area contributed by atoms with Gasteiger partial charge in [-0.1, -0.05) is 53.2 Å². The van der Waals surface area contributed by atoms with Crippen LogP contribution in [0.4, 0.5) is 5.69 Å². The molecule has 0 atom stereocenters. The number of hydrogen-bond acceptors (Lipinski definition) is 5. The van der Waals surface area contributed by atoms with Crippen molar-refractivity contribution >= 4 is 23.2 Å². The minimum absolute atomic E-state index is 0.0297. The van der Waals surface area contributed by atoms with Gasteiger partial charge in [-0.2, -0.15) is 4.98 Å². The molecule has 4 rings (SSSR count). The monoisotopic (exact) mass is 410 g/mol. The first-order valence-corrected chi connectivity index (χ1v) is 10.1. The summed E-state index contributed by atoms with van der Waals surface area (Å²) in [5.41, 5.74) is 2.71. The Hall–Kier alpha value is -2.70. The zero-order chi connectivity index (χ0) is 20.2. The highest BCUT2D eigenvalue weighted by molar-refractivity contribution is 6.31. The second-order valence-electron chi connectivity index (χ2n) is 7.38. The summed E-state index contributed by atoms with van der Waals surface area (Å²) in [5, 5.41) is 7.69. The summed E-state index contributed by atoms with van der Waals surface area (Å²) < 4.78 is 5.51. The lowest BCUT2D eigenvalue weighted by Gasteiger charge is -2.29. The normalized spacial score (nSPS) is 15.4. The summed E-state index contributed by atoms with van der Waals surface area (Å²) in [6.45, 7) is 3.94. The fourth-order valence-corrected chi connectivity index (χ4v) is 3.74. The van der Waals surface area contributed by atoms with Crippen molar-refractivity contribution in [3.63, 3.8) is 0 Å². The van der Waals surface area contributed by atoms with Crippen LogP contribution < -0.4 is 5.32 Å². The van der Waals surface area contributed by atoms with E-state index in [0.717, 1.165) is 42.7 Å². The van der Waals surface area contributed by atoms with Crippen molar-refractivity contribution in [2.75, 3.05) is 25.0 Å². The summed E-state index contributed by atoms with van der Waals surface area (Å²) in [6.07, 6.45) is 1.78. The molecule has 1 aliphatic rings. The number of hydrogen-bond donors (Lipinski definition) is 1. The zero-order valence-electron chi connectivity index (χ0n) is 16.3. The maximum atomic E-state index is 12.4. The molecule has 1 fully saturated rings. The molecule has 150 valence electrons. The van der Waals surface area contributed by atoms with Crippen molar-refractivity contribution in [1.82, 2.24) is 15.0 Å². The molecule has 0 bridgehead atoms. The van der Waals surface area contributed by atoms with Gasteiger partial charge in [-0.15, -0.1) is 0 Å². The minimum atomic E-state index is -0.0297. The van der Waals surface area contributed by atoms with Crippen LogP contribution in [0.1, 0.15) is 30.2 Å². The Kier molecular flexibility index (Phi) is 5.92. The van der Waals surface area contributed by atoms with Gasteiger partial charge in [-0.05, 0) is 50.6 Å². The number of aromatic nitrogens is 2. The Morgan fingerprint density at radius 1 is 1.21 bits per heavy atom. The molecule has 7 heteroatoms. The molecule has 1 aromatic heterocycles. The van der Waals surface area contributed by atoms with E-state index in [-0.39, 0.29) is 11.8 Å². The summed E-state index contributed by atoms with van der Waals surface area (Å²) >= 11 is 6.03. The molecule has 6 nitrogen and oxygen atoms in total. The lowest BCUT2D eigenvalue weighted by atomic mass is 9.97. The van der Waals surface area contributed by atoms with Gasteiger partial charge in [0.15, 0.2) is 0 Å². The number of amides is 1. The third-order valence-corrected chi connectivity index (χ3v) is 5.49. The average Bonchev–Trinajstić information content (AvgIpc) is 3.22. The van der Waals surface area contributed by atoms with Crippen molar-refractivity contribution in [3.8, 4) is 11.4 Å². The molecule has 3 aromatic rings. The molecular formula is C22H23ClN4O2. The maximum absolute atomic E-state index is 12.4. The van der Waals surface area contributed by atoms with E-state index in [2.05, 4.69) is 20.4 Å². The van der Waals surface area contributed by atoms with E-state index in [9.17, 15) is 4.79 Å². The molecule has 29 heavy (non-hydrogen) atoms. The number of halogens is 1. The smallest absolute Gasteiger partial charge is 0.238 e. The summed E-state index contributed by atoms with van der Waals surface area (Å²) in [6, 6.07) is 15.3. The van der Waals surface area contributed by atoms with Crippen LogP contribution in [0.2, 0.25) is 5.02 Å². The standard InChI is InChI=1S/C22H23ClN4O2/c1-15-7-8-18(23)13-19(15)24-20(28)14-27-11-9-17(10-12-27)22-25-21(26-29-22)16-5-3-2-4-6-16/h2-8,13,17H,9-12,14H2,1H3,(H,24,28). The Morgan fingerprint density at radius 2 is 1.97 bits per heavy atom. The molecule has 1 N–H and O–H groups in total. The van der Waals surface area contributed by atoms with E-state index in [1.165, 1.54) is 0 Å². The second kappa shape index (κ2) is 8.76. The van der Waals surface area contributed by atoms with Gasteiger partial charge in [0.25, 0.3) is 0 Å². The van der Waals surface area contributed by atoms with E-state index in [1.54, 1.807) is 6.07 Å². The van der Waals surface area contributed by atoms with Crippen molar-refractivity contribution in [1.29, 1.82) is 0 Å². The molecule has 1 amide bonds. The topological polar surface area (TPSA) is 71.3 Å². The van der Waals surface area contributed by atoms with E-state index in [0.29, 0.717) is 23.3 Å². The van der Waals surface area contributed by atoms with Gasteiger partial charge < -0.3 is 9.84 Å². The van der Waals surface area contributed by atoms with Crippen LogP contribution in [0.3, 0.4) is 0 Å². The fourth-order valence-electron chi connectivity index (χ4n) is 3.57. The highest BCUT2D eigenvalue weighted by Gasteiger charge is 2.26. The van der Waals surface area contributed by atoms with E-state index < -0.39 is 0 Å². The van der Waals surface area contributed by atoms with Crippen molar-refractivity contribution in [2.45, 2.75) is 25.7 Å². The first kappa shape index (κ1) is 19.6. The van der Waals surface area contributed by atoms with Crippen molar-refractivity contribution in [3.05, 3.63) is 65.0 Å². The van der Waals surface area contributed by atoms with Gasteiger partial charge in [0.2, 0.25) is 17.6 Å². The number of benzene rings is 2. The third-order valence-electron chi connectivity index (χ3n) is 5.25. The SMILES string of the molecule is Cc1ccc(Cl)cc1NC(=O)CN1CCC(c2nc(-c3ccccc3)no2)CC1. The van der Waals surface area contributed by atoms with Gasteiger partial charge in [-0.3, -0.25) is 9.69 Å². The van der Waals surface area contributed by atoms with Crippen LogP contribution in [0.5, 0.6) is 0 Å².